The SMILES string of the molecule is O=C(CCC1CCCO1)Cc1ccco1. The Morgan fingerprint density at radius 1 is 1.53 bits per heavy atom. The van der Waals surface area contributed by atoms with Crippen LogP contribution in [0.1, 0.15) is 31.4 Å². The normalized spacial score (nSPS) is 20.7. The van der Waals surface area contributed by atoms with E-state index in [1.165, 1.54) is 0 Å². The minimum atomic E-state index is 0.237. The van der Waals surface area contributed by atoms with E-state index in [0.29, 0.717) is 18.9 Å². The molecule has 1 aromatic rings. The second kappa shape index (κ2) is 5.12. The zero-order chi connectivity index (χ0) is 10.5. The Hall–Kier alpha value is -1.09. The van der Waals surface area contributed by atoms with Crippen molar-refractivity contribution in [3.05, 3.63) is 24.2 Å². The number of ketones is 1. The maximum absolute atomic E-state index is 11.6. The summed E-state index contributed by atoms with van der Waals surface area (Å²) in [5.41, 5.74) is 0. The Kier molecular flexibility index (Phi) is 3.56. The number of rotatable bonds is 5. The van der Waals surface area contributed by atoms with Gasteiger partial charge in [0.1, 0.15) is 11.5 Å². The number of carbonyl (C=O) groups excluding carboxylic acids is 1. The molecule has 1 unspecified atom stereocenters. The van der Waals surface area contributed by atoms with Gasteiger partial charge < -0.3 is 9.15 Å². The van der Waals surface area contributed by atoms with Crippen molar-refractivity contribution in [2.45, 2.75) is 38.2 Å². The van der Waals surface area contributed by atoms with Crippen LogP contribution in [0.25, 0.3) is 0 Å². The molecule has 3 nitrogen and oxygen atoms in total. The molecule has 0 aromatic carbocycles. The molecule has 0 radical (unpaired) electrons. The average molecular weight is 208 g/mol. The Labute approximate surface area is 89.4 Å². The number of hydrogen-bond donors (Lipinski definition) is 0. The van der Waals surface area contributed by atoms with Crippen molar-refractivity contribution in [1.82, 2.24) is 0 Å². The van der Waals surface area contributed by atoms with Crippen LogP contribution in [0.15, 0.2) is 22.8 Å². The molecule has 2 heterocycles. The topological polar surface area (TPSA) is 39.4 Å². The van der Waals surface area contributed by atoms with Crippen molar-refractivity contribution in [3.63, 3.8) is 0 Å². The molecule has 3 heteroatoms. The molecule has 1 aromatic heterocycles. The lowest BCUT2D eigenvalue weighted by atomic mass is 10.1. The maximum atomic E-state index is 11.6. The molecule has 0 amide bonds. The van der Waals surface area contributed by atoms with E-state index >= 15 is 0 Å². The van der Waals surface area contributed by atoms with Crippen LogP contribution >= 0.6 is 0 Å². The molecule has 1 atom stereocenters. The highest BCUT2D eigenvalue weighted by Gasteiger charge is 2.16. The van der Waals surface area contributed by atoms with Gasteiger partial charge in [-0.2, -0.15) is 0 Å². The summed E-state index contributed by atoms with van der Waals surface area (Å²) in [7, 11) is 0. The Balaban J connectivity index is 1.68. The van der Waals surface area contributed by atoms with Crippen LogP contribution in [-0.2, 0) is 16.0 Å². The molecule has 1 saturated heterocycles. The summed E-state index contributed by atoms with van der Waals surface area (Å²) < 4.78 is 10.6. The van der Waals surface area contributed by atoms with E-state index in [9.17, 15) is 4.79 Å². The summed E-state index contributed by atoms with van der Waals surface area (Å²) >= 11 is 0. The first kappa shape index (κ1) is 10.4. The molecule has 1 fully saturated rings. The van der Waals surface area contributed by atoms with Gasteiger partial charge in [-0.1, -0.05) is 0 Å². The van der Waals surface area contributed by atoms with Gasteiger partial charge in [-0.25, -0.2) is 0 Å². The lowest BCUT2D eigenvalue weighted by Crippen LogP contribution is -2.09. The molecular weight excluding hydrogens is 192 g/mol. The maximum Gasteiger partial charge on any atom is 0.140 e. The summed E-state index contributed by atoms with van der Waals surface area (Å²) in [6.45, 7) is 0.858. The first-order valence-electron chi connectivity index (χ1n) is 5.50. The van der Waals surface area contributed by atoms with Gasteiger partial charge in [0.25, 0.3) is 0 Å². The molecule has 1 aliphatic rings. The molecule has 0 saturated carbocycles. The van der Waals surface area contributed by atoms with Crippen molar-refractivity contribution in [2.75, 3.05) is 6.61 Å². The van der Waals surface area contributed by atoms with E-state index in [2.05, 4.69) is 0 Å². The van der Waals surface area contributed by atoms with Crippen LogP contribution < -0.4 is 0 Å². The smallest absolute Gasteiger partial charge is 0.140 e. The molecule has 0 N–H and O–H groups in total. The van der Waals surface area contributed by atoms with Gasteiger partial charge in [-0.15, -0.1) is 0 Å². The quantitative estimate of drug-likeness (QED) is 0.745. The van der Waals surface area contributed by atoms with Crippen molar-refractivity contribution >= 4 is 5.78 Å². The monoisotopic (exact) mass is 208 g/mol. The zero-order valence-corrected chi connectivity index (χ0v) is 8.78. The fourth-order valence-corrected chi connectivity index (χ4v) is 1.89. The first-order valence-corrected chi connectivity index (χ1v) is 5.50. The van der Waals surface area contributed by atoms with Gasteiger partial charge in [-0.3, -0.25) is 4.79 Å². The molecule has 82 valence electrons. The lowest BCUT2D eigenvalue weighted by molar-refractivity contribution is -0.119. The Morgan fingerprint density at radius 3 is 3.13 bits per heavy atom. The van der Waals surface area contributed by atoms with Crippen molar-refractivity contribution in [3.8, 4) is 0 Å². The summed E-state index contributed by atoms with van der Waals surface area (Å²) in [6.07, 6.45) is 6.03. The molecule has 0 aliphatic carbocycles. The van der Waals surface area contributed by atoms with Gasteiger partial charge in [0.05, 0.1) is 18.8 Å². The minimum absolute atomic E-state index is 0.237. The van der Waals surface area contributed by atoms with Gasteiger partial charge in [0.15, 0.2) is 0 Å². The van der Waals surface area contributed by atoms with E-state index in [4.69, 9.17) is 9.15 Å². The highest BCUT2D eigenvalue weighted by molar-refractivity contribution is 5.80. The van der Waals surface area contributed by atoms with E-state index < -0.39 is 0 Å². The summed E-state index contributed by atoms with van der Waals surface area (Å²) in [4.78, 5) is 11.6. The molecule has 15 heavy (non-hydrogen) atoms. The van der Waals surface area contributed by atoms with Gasteiger partial charge in [0, 0.05) is 13.0 Å². The third-order valence-corrected chi connectivity index (χ3v) is 2.72. The average Bonchev–Trinajstić information content (AvgIpc) is 2.86. The minimum Gasteiger partial charge on any atom is -0.469 e. The number of furan rings is 1. The number of hydrogen-bond acceptors (Lipinski definition) is 3. The lowest BCUT2D eigenvalue weighted by Gasteiger charge is -2.07. The zero-order valence-electron chi connectivity index (χ0n) is 8.78. The highest BCUT2D eigenvalue weighted by Crippen LogP contribution is 2.17. The van der Waals surface area contributed by atoms with Gasteiger partial charge in [0.2, 0.25) is 0 Å². The van der Waals surface area contributed by atoms with Crippen LogP contribution in [0.2, 0.25) is 0 Å². The Morgan fingerprint density at radius 2 is 2.47 bits per heavy atom. The Bertz CT molecular complexity index is 297. The van der Waals surface area contributed by atoms with E-state index in [1.807, 2.05) is 12.1 Å². The number of Topliss-reactive ketones (excluding diaryl/α,β-unsaturated/α-hetero) is 1. The van der Waals surface area contributed by atoms with Crippen molar-refractivity contribution < 1.29 is 13.9 Å². The van der Waals surface area contributed by atoms with E-state index in [0.717, 1.165) is 31.6 Å². The second-order valence-electron chi connectivity index (χ2n) is 3.97. The van der Waals surface area contributed by atoms with Crippen LogP contribution in [-0.4, -0.2) is 18.5 Å². The summed E-state index contributed by atoms with van der Waals surface area (Å²) in [6, 6.07) is 3.65. The van der Waals surface area contributed by atoms with Crippen LogP contribution in [0.5, 0.6) is 0 Å². The van der Waals surface area contributed by atoms with Crippen LogP contribution in [0, 0.1) is 0 Å². The number of carbonyl (C=O) groups is 1. The largest absolute Gasteiger partial charge is 0.469 e. The van der Waals surface area contributed by atoms with Gasteiger partial charge in [-0.05, 0) is 31.4 Å². The fraction of sp³-hybridized carbons (Fsp3) is 0.583. The predicted octanol–water partition coefficient (Wildman–Crippen LogP) is 2.35. The van der Waals surface area contributed by atoms with E-state index in [1.54, 1.807) is 6.26 Å². The standard InChI is InChI=1S/C12H16O3/c13-10(9-12-4-2-8-15-12)5-6-11-3-1-7-14-11/h2,4,8,11H,1,3,5-7,9H2. The van der Waals surface area contributed by atoms with E-state index in [-0.39, 0.29) is 5.78 Å². The fourth-order valence-electron chi connectivity index (χ4n) is 1.89. The number of ether oxygens (including phenoxy) is 1. The highest BCUT2D eigenvalue weighted by atomic mass is 16.5. The van der Waals surface area contributed by atoms with Crippen molar-refractivity contribution in [2.24, 2.45) is 0 Å². The van der Waals surface area contributed by atoms with Crippen molar-refractivity contribution in [1.29, 1.82) is 0 Å². The third kappa shape index (κ3) is 3.20. The molecule has 0 spiro atoms. The third-order valence-electron chi connectivity index (χ3n) is 2.72. The molecule has 1 aliphatic heterocycles. The predicted molar refractivity (Wildman–Crippen MR) is 55.6 cm³/mol. The first-order chi connectivity index (χ1) is 7.34. The van der Waals surface area contributed by atoms with Gasteiger partial charge >= 0.3 is 0 Å². The van der Waals surface area contributed by atoms with Crippen LogP contribution in [0.3, 0.4) is 0 Å². The molecule has 2 rings (SSSR count). The second-order valence-corrected chi connectivity index (χ2v) is 3.97. The summed E-state index contributed by atoms with van der Waals surface area (Å²) in [5.74, 6) is 0.993. The summed E-state index contributed by atoms with van der Waals surface area (Å²) in [5, 5.41) is 0. The van der Waals surface area contributed by atoms with Crippen LogP contribution in [0.4, 0.5) is 0 Å². The molecule has 0 bridgehead atoms. The molecular formula is C12H16O3.